The molecule has 2 aromatic carbocycles. The van der Waals surface area contributed by atoms with Gasteiger partial charge >= 0.3 is 6.16 Å². The lowest BCUT2D eigenvalue weighted by molar-refractivity contribution is -0.114. The van der Waals surface area contributed by atoms with Gasteiger partial charge in [0.25, 0.3) is 11.8 Å². The van der Waals surface area contributed by atoms with Crippen LogP contribution < -0.4 is 10.1 Å². The maximum atomic E-state index is 12.8. The monoisotopic (exact) mass is 439 g/mol. The molecule has 2 aromatic rings. The second kappa shape index (κ2) is 10.4. The molecule has 0 atom stereocenters. The van der Waals surface area contributed by atoms with E-state index in [-0.39, 0.29) is 30.1 Å². The van der Waals surface area contributed by atoms with Crippen molar-refractivity contribution >= 4 is 29.6 Å². The highest BCUT2D eigenvalue weighted by Gasteiger charge is 2.25. The molecular formula is C23H25N3O6. The lowest BCUT2D eigenvalue weighted by Gasteiger charge is -2.35. The van der Waals surface area contributed by atoms with E-state index in [9.17, 15) is 19.2 Å². The maximum absolute atomic E-state index is 12.8. The van der Waals surface area contributed by atoms with Crippen molar-refractivity contribution in [3.63, 3.8) is 0 Å². The quantitative estimate of drug-likeness (QED) is 0.567. The Morgan fingerprint density at radius 1 is 0.875 bits per heavy atom. The van der Waals surface area contributed by atoms with E-state index in [0.29, 0.717) is 43.0 Å². The van der Waals surface area contributed by atoms with Crippen LogP contribution in [-0.4, -0.2) is 66.5 Å². The van der Waals surface area contributed by atoms with Crippen molar-refractivity contribution in [1.29, 1.82) is 0 Å². The number of carbonyl (C=O) groups excluding carboxylic acids is 4. The van der Waals surface area contributed by atoms with E-state index in [1.807, 2.05) is 0 Å². The molecule has 0 bridgehead atoms. The van der Waals surface area contributed by atoms with Crippen molar-refractivity contribution in [3.05, 3.63) is 59.7 Å². The van der Waals surface area contributed by atoms with Crippen LogP contribution in [0.15, 0.2) is 48.5 Å². The summed E-state index contributed by atoms with van der Waals surface area (Å²) < 4.78 is 9.71. The molecule has 9 heteroatoms. The fourth-order valence-electron chi connectivity index (χ4n) is 3.32. The first-order chi connectivity index (χ1) is 15.4. The predicted molar refractivity (Wildman–Crippen MR) is 117 cm³/mol. The lowest BCUT2D eigenvalue weighted by atomic mass is 10.1. The van der Waals surface area contributed by atoms with Crippen molar-refractivity contribution in [2.75, 3.05) is 38.1 Å². The number of rotatable bonds is 5. The first-order valence-electron chi connectivity index (χ1n) is 10.3. The van der Waals surface area contributed by atoms with Gasteiger partial charge in [0.05, 0.1) is 6.61 Å². The summed E-state index contributed by atoms with van der Waals surface area (Å²) in [7, 11) is 0. The van der Waals surface area contributed by atoms with E-state index >= 15 is 0 Å². The van der Waals surface area contributed by atoms with Gasteiger partial charge in [-0.3, -0.25) is 14.4 Å². The molecule has 0 unspecified atom stereocenters. The zero-order chi connectivity index (χ0) is 23.1. The summed E-state index contributed by atoms with van der Waals surface area (Å²) >= 11 is 0. The van der Waals surface area contributed by atoms with Crippen LogP contribution in [0.5, 0.6) is 5.75 Å². The summed E-state index contributed by atoms with van der Waals surface area (Å²) in [5.41, 5.74) is 1.50. The maximum Gasteiger partial charge on any atom is 0.513 e. The van der Waals surface area contributed by atoms with Gasteiger partial charge in [-0.05, 0) is 49.4 Å². The van der Waals surface area contributed by atoms with Crippen LogP contribution in [0.2, 0.25) is 0 Å². The number of nitrogens with zero attached hydrogens (tertiary/aromatic N) is 2. The molecule has 0 spiro atoms. The highest BCUT2D eigenvalue weighted by Crippen LogP contribution is 2.17. The van der Waals surface area contributed by atoms with Crippen molar-refractivity contribution in [2.24, 2.45) is 0 Å². The number of carbonyl (C=O) groups is 4. The van der Waals surface area contributed by atoms with Gasteiger partial charge in [0.1, 0.15) is 5.75 Å². The average molecular weight is 439 g/mol. The molecule has 3 amide bonds. The van der Waals surface area contributed by atoms with Crippen molar-refractivity contribution in [2.45, 2.75) is 13.8 Å². The fourth-order valence-corrected chi connectivity index (χ4v) is 3.32. The highest BCUT2D eigenvalue weighted by atomic mass is 16.7. The number of anilines is 1. The first-order valence-corrected chi connectivity index (χ1v) is 10.3. The summed E-state index contributed by atoms with van der Waals surface area (Å²) in [6.45, 7) is 4.90. The summed E-state index contributed by atoms with van der Waals surface area (Å²) in [5.74, 6) is -0.226. The van der Waals surface area contributed by atoms with Gasteiger partial charge in [-0.1, -0.05) is 6.07 Å². The minimum atomic E-state index is -0.796. The van der Waals surface area contributed by atoms with Gasteiger partial charge in [-0.15, -0.1) is 0 Å². The Labute approximate surface area is 185 Å². The number of nitrogens with one attached hydrogen (secondary N) is 1. The molecule has 32 heavy (non-hydrogen) atoms. The van der Waals surface area contributed by atoms with Gasteiger partial charge in [-0.2, -0.15) is 0 Å². The van der Waals surface area contributed by atoms with Gasteiger partial charge in [0.15, 0.2) is 0 Å². The molecule has 168 valence electrons. The number of ether oxygens (including phenoxy) is 2. The van der Waals surface area contributed by atoms with E-state index in [0.717, 1.165) is 0 Å². The SMILES string of the molecule is CCOC(=O)Oc1ccc(C(=O)N2CCN(C(=O)c3cccc(NC(C)=O)c3)CC2)cc1. The molecule has 1 fully saturated rings. The van der Waals surface area contributed by atoms with E-state index < -0.39 is 6.16 Å². The minimum absolute atomic E-state index is 0.148. The van der Waals surface area contributed by atoms with Crippen LogP contribution in [0.1, 0.15) is 34.6 Å². The summed E-state index contributed by atoms with van der Waals surface area (Å²) in [6.07, 6.45) is -0.796. The van der Waals surface area contributed by atoms with Gasteiger partial charge < -0.3 is 24.6 Å². The lowest BCUT2D eigenvalue weighted by Crippen LogP contribution is -2.50. The molecule has 0 radical (unpaired) electrons. The van der Waals surface area contributed by atoms with Crippen molar-refractivity contribution < 1.29 is 28.7 Å². The van der Waals surface area contributed by atoms with Crippen LogP contribution in [0.3, 0.4) is 0 Å². The van der Waals surface area contributed by atoms with Gasteiger partial charge in [0.2, 0.25) is 5.91 Å². The normalized spacial score (nSPS) is 13.3. The molecule has 1 aliphatic heterocycles. The second-order valence-electron chi connectivity index (χ2n) is 7.16. The molecule has 3 rings (SSSR count). The van der Waals surface area contributed by atoms with Crippen LogP contribution in [0, 0.1) is 0 Å². The predicted octanol–water partition coefficient (Wildman–Crippen LogP) is 2.78. The Hall–Kier alpha value is -3.88. The summed E-state index contributed by atoms with van der Waals surface area (Å²) in [5, 5.41) is 2.67. The van der Waals surface area contributed by atoms with Crippen LogP contribution in [0.4, 0.5) is 10.5 Å². The van der Waals surface area contributed by atoms with E-state index in [1.165, 1.54) is 19.1 Å². The zero-order valence-corrected chi connectivity index (χ0v) is 18.0. The Morgan fingerprint density at radius 3 is 2.03 bits per heavy atom. The van der Waals surface area contributed by atoms with Gasteiger partial charge in [0, 0.05) is 49.9 Å². The van der Waals surface area contributed by atoms with Crippen LogP contribution in [0.25, 0.3) is 0 Å². The van der Waals surface area contributed by atoms with E-state index in [2.05, 4.69) is 5.32 Å². The molecule has 1 heterocycles. The molecular weight excluding hydrogens is 414 g/mol. The molecule has 0 saturated carbocycles. The Morgan fingerprint density at radius 2 is 1.47 bits per heavy atom. The Kier molecular flexibility index (Phi) is 7.43. The number of hydrogen-bond donors (Lipinski definition) is 1. The topological polar surface area (TPSA) is 105 Å². The largest absolute Gasteiger partial charge is 0.513 e. The number of hydrogen-bond acceptors (Lipinski definition) is 6. The molecule has 0 aliphatic carbocycles. The number of benzene rings is 2. The number of piperazine rings is 1. The van der Waals surface area contributed by atoms with Crippen LogP contribution in [-0.2, 0) is 9.53 Å². The number of amides is 3. The molecule has 9 nitrogen and oxygen atoms in total. The molecule has 1 saturated heterocycles. The van der Waals surface area contributed by atoms with Gasteiger partial charge in [-0.25, -0.2) is 4.79 Å². The third-order valence-corrected chi connectivity index (χ3v) is 4.85. The smallest absolute Gasteiger partial charge is 0.434 e. The Bertz CT molecular complexity index is 997. The summed E-state index contributed by atoms with van der Waals surface area (Å²) in [4.78, 5) is 51.6. The van der Waals surface area contributed by atoms with Crippen LogP contribution >= 0.6 is 0 Å². The third-order valence-electron chi connectivity index (χ3n) is 4.85. The molecule has 1 aliphatic rings. The van der Waals surface area contributed by atoms with E-state index in [4.69, 9.17) is 9.47 Å². The average Bonchev–Trinajstić information content (AvgIpc) is 2.78. The fraction of sp³-hybridized carbons (Fsp3) is 0.304. The minimum Gasteiger partial charge on any atom is -0.434 e. The molecule has 0 aromatic heterocycles. The van der Waals surface area contributed by atoms with Crippen molar-refractivity contribution in [3.8, 4) is 5.75 Å². The highest BCUT2D eigenvalue weighted by molar-refractivity contribution is 5.97. The molecule has 1 N–H and O–H groups in total. The van der Waals surface area contributed by atoms with Crippen molar-refractivity contribution in [1.82, 2.24) is 9.80 Å². The zero-order valence-electron chi connectivity index (χ0n) is 18.0. The second-order valence-corrected chi connectivity index (χ2v) is 7.16. The van der Waals surface area contributed by atoms with E-state index in [1.54, 1.807) is 53.1 Å². The third kappa shape index (κ3) is 5.84. The standard InChI is InChI=1S/C23H25N3O6/c1-3-31-23(30)32-20-9-7-17(8-10-20)21(28)25-11-13-26(14-12-25)22(29)18-5-4-6-19(15-18)24-16(2)27/h4-10,15H,3,11-14H2,1-2H3,(H,24,27). The first kappa shape index (κ1) is 22.8. The summed E-state index contributed by atoms with van der Waals surface area (Å²) in [6, 6.07) is 13.0. The Balaban J connectivity index is 1.56.